The molecule has 0 aromatic carbocycles. The molecule has 1 saturated heterocycles. The lowest BCUT2D eigenvalue weighted by molar-refractivity contribution is -0.111. The van der Waals surface area contributed by atoms with Crippen molar-refractivity contribution in [3.63, 3.8) is 0 Å². The summed E-state index contributed by atoms with van der Waals surface area (Å²) in [4.78, 5) is 11.7. The Kier molecular flexibility index (Phi) is 4.48. The number of aromatic nitrogens is 4. The van der Waals surface area contributed by atoms with Crippen LogP contribution in [0.25, 0.3) is 11.0 Å². The number of halogens is 2. The fourth-order valence-electron chi connectivity index (χ4n) is 3.58. The van der Waals surface area contributed by atoms with E-state index in [2.05, 4.69) is 15.0 Å². The number of nitrogens with two attached hydrogens (primary N) is 1. The number of alkyl halides is 2. The standard InChI is InChI=1S/C18H19F2N5O3/c1-18(27)7-12(25-5-3-10-16(21)23-8-24-17(10)25)28-14(18)13(26)9-2-4-22-11(6-9)15(19)20/h2-6,8,12-15,26-27H,7H2,1H3,(H2,21,23,24)/t12-,13-,14-,18+/m1/s1. The molecule has 0 amide bonds. The third kappa shape index (κ3) is 3.09. The minimum absolute atomic E-state index is 0.162. The summed E-state index contributed by atoms with van der Waals surface area (Å²) in [5.41, 5.74) is 4.72. The summed E-state index contributed by atoms with van der Waals surface area (Å²) < 4.78 is 33.5. The first-order valence-electron chi connectivity index (χ1n) is 8.65. The van der Waals surface area contributed by atoms with Gasteiger partial charge in [0.15, 0.2) is 0 Å². The molecule has 0 saturated carbocycles. The van der Waals surface area contributed by atoms with E-state index < -0.39 is 36.2 Å². The molecule has 28 heavy (non-hydrogen) atoms. The molecule has 8 nitrogen and oxygen atoms in total. The maximum Gasteiger partial charge on any atom is 0.280 e. The molecule has 4 atom stereocenters. The average molecular weight is 391 g/mol. The summed E-state index contributed by atoms with van der Waals surface area (Å²) in [5.74, 6) is 0.321. The van der Waals surface area contributed by atoms with Crippen LogP contribution in [0.2, 0.25) is 0 Å². The number of pyridine rings is 1. The number of ether oxygens (including phenoxy) is 1. The Morgan fingerprint density at radius 2 is 2.11 bits per heavy atom. The van der Waals surface area contributed by atoms with Gasteiger partial charge < -0.3 is 25.3 Å². The van der Waals surface area contributed by atoms with E-state index in [0.29, 0.717) is 16.9 Å². The van der Waals surface area contributed by atoms with Crippen molar-refractivity contribution in [3.05, 3.63) is 48.2 Å². The third-order valence-corrected chi connectivity index (χ3v) is 5.01. The fourth-order valence-corrected chi connectivity index (χ4v) is 3.58. The van der Waals surface area contributed by atoms with Gasteiger partial charge in [-0.15, -0.1) is 0 Å². The molecule has 0 bridgehead atoms. The van der Waals surface area contributed by atoms with E-state index in [4.69, 9.17) is 10.5 Å². The van der Waals surface area contributed by atoms with Gasteiger partial charge in [0.25, 0.3) is 6.43 Å². The highest BCUT2D eigenvalue weighted by molar-refractivity contribution is 5.86. The van der Waals surface area contributed by atoms with Crippen LogP contribution in [-0.4, -0.2) is 41.4 Å². The Labute approximate surface area is 158 Å². The van der Waals surface area contributed by atoms with Gasteiger partial charge in [0.05, 0.1) is 11.0 Å². The summed E-state index contributed by atoms with van der Waals surface area (Å²) in [7, 11) is 0. The molecule has 10 heteroatoms. The quantitative estimate of drug-likeness (QED) is 0.623. The number of anilines is 1. The van der Waals surface area contributed by atoms with Gasteiger partial charge in [-0.05, 0) is 30.7 Å². The van der Waals surface area contributed by atoms with Crippen molar-refractivity contribution in [2.75, 3.05) is 5.73 Å². The van der Waals surface area contributed by atoms with Gasteiger partial charge in [0, 0.05) is 18.8 Å². The molecule has 0 aliphatic carbocycles. The number of rotatable bonds is 4. The molecular formula is C18H19F2N5O3. The first-order chi connectivity index (χ1) is 13.3. The number of hydrogen-bond acceptors (Lipinski definition) is 7. The molecule has 0 radical (unpaired) electrons. The molecule has 0 spiro atoms. The van der Waals surface area contributed by atoms with Crippen molar-refractivity contribution < 1.29 is 23.7 Å². The number of nitrogens with zero attached hydrogens (tertiary/aromatic N) is 4. The van der Waals surface area contributed by atoms with Gasteiger partial charge in [-0.25, -0.2) is 18.7 Å². The Morgan fingerprint density at radius 1 is 1.32 bits per heavy atom. The number of aliphatic hydroxyl groups excluding tert-OH is 1. The maximum absolute atomic E-state index is 12.9. The van der Waals surface area contributed by atoms with E-state index in [-0.39, 0.29) is 12.0 Å². The molecule has 1 fully saturated rings. The summed E-state index contributed by atoms with van der Waals surface area (Å²) in [6.45, 7) is 1.53. The first-order valence-corrected chi connectivity index (χ1v) is 8.65. The second-order valence-electron chi connectivity index (χ2n) is 7.05. The number of nitrogen functional groups attached to an aromatic ring is 1. The van der Waals surface area contributed by atoms with Crippen LogP contribution < -0.4 is 5.73 Å². The normalized spacial score (nSPS) is 26.2. The monoisotopic (exact) mass is 391 g/mol. The molecule has 4 N–H and O–H groups in total. The minimum atomic E-state index is -2.76. The second-order valence-corrected chi connectivity index (χ2v) is 7.05. The van der Waals surface area contributed by atoms with Crippen LogP contribution in [0.5, 0.6) is 0 Å². The molecule has 4 heterocycles. The van der Waals surface area contributed by atoms with Crippen LogP contribution >= 0.6 is 0 Å². The largest absolute Gasteiger partial charge is 0.387 e. The van der Waals surface area contributed by atoms with Gasteiger partial charge >= 0.3 is 0 Å². The Morgan fingerprint density at radius 3 is 2.86 bits per heavy atom. The highest BCUT2D eigenvalue weighted by Crippen LogP contribution is 2.43. The van der Waals surface area contributed by atoms with E-state index in [1.54, 1.807) is 16.8 Å². The van der Waals surface area contributed by atoms with Crippen LogP contribution in [0.15, 0.2) is 36.9 Å². The van der Waals surface area contributed by atoms with Crippen molar-refractivity contribution in [2.45, 2.75) is 43.8 Å². The summed E-state index contributed by atoms with van der Waals surface area (Å²) in [6.07, 6.45) is -1.35. The minimum Gasteiger partial charge on any atom is -0.387 e. The zero-order valence-corrected chi connectivity index (χ0v) is 14.9. The molecule has 3 aromatic heterocycles. The summed E-state index contributed by atoms with van der Waals surface area (Å²) in [6, 6.07) is 4.27. The van der Waals surface area contributed by atoms with Gasteiger partial charge in [0.1, 0.15) is 41.9 Å². The van der Waals surface area contributed by atoms with Crippen molar-refractivity contribution in [3.8, 4) is 0 Å². The number of aliphatic hydroxyl groups is 2. The van der Waals surface area contributed by atoms with Gasteiger partial charge in [-0.1, -0.05) is 0 Å². The van der Waals surface area contributed by atoms with E-state index in [0.717, 1.165) is 6.07 Å². The van der Waals surface area contributed by atoms with E-state index >= 15 is 0 Å². The Bertz CT molecular complexity index is 1010. The lowest BCUT2D eigenvalue weighted by atomic mass is 9.90. The van der Waals surface area contributed by atoms with Crippen LogP contribution in [0.4, 0.5) is 14.6 Å². The molecule has 0 unspecified atom stereocenters. The average Bonchev–Trinajstić information content (AvgIpc) is 3.22. The molecule has 148 valence electrons. The Hall–Kier alpha value is -2.69. The molecule has 4 rings (SSSR count). The zero-order chi connectivity index (χ0) is 20.1. The topological polar surface area (TPSA) is 119 Å². The second kappa shape index (κ2) is 6.73. The SMILES string of the molecule is C[C@]1(O)C[C@H](n2ccc3c(N)ncnc32)O[C@@H]1[C@H](O)c1ccnc(C(F)F)c1. The van der Waals surface area contributed by atoms with Crippen LogP contribution in [0.3, 0.4) is 0 Å². The molecule has 1 aliphatic heterocycles. The van der Waals surface area contributed by atoms with Crippen molar-refractivity contribution in [1.29, 1.82) is 0 Å². The van der Waals surface area contributed by atoms with Gasteiger partial charge in [-0.2, -0.15) is 0 Å². The van der Waals surface area contributed by atoms with E-state index in [9.17, 15) is 19.0 Å². The fraction of sp³-hybridized carbons (Fsp3) is 0.389. The predicted octanol–water partition coefficient (Wildman–Crippen LogP) is 2.12. The number of hydrogen-bond donors (Lipinski definition) is 3. The van der Waals surface area contributed by atoms with Gasteiger partial charge in [-0.3, -0.25) is 4.98 Å². The number of fused-ring (bicyclic) bond motifs is 1. The van der Waals surface area contributed by atoms with E-state index in [1.165, 1.54) is 25.5 Å². The lowest BCUT2D eigenvalue weighted by Crippen LogP contribution is -2.39. The third-order valence-electron chi connectivity index (χ3n) is 5.01. The van der Waals surface area contributed by atoms with Crippen molar-refractivity contribution in [2.24, 2.45) is 0 Å². The predicted molar refractivity (Wildman–Crippen MR) is 95.2 cm³/mol. The highest BCUT2D eigenvalue weighted by atomic mass is 19.3. The zero-order valence-electron chi connectivity index (χ0n) is 14.9. The molecule has 3 aromatic rings. The Balaban J connectivity index is 1.64. The van der Waals surface area contributed by atoms with Crippen molar-refractivity contribution in [1.82, 2.24) is 19.5 Å². The summed E-state index contributed by atoms with van der Waals surface area (Å²) >= 11 is 0. The van der Waals surface area contributed by atoms with Gasteiger partial charge in [0.2, 0.25) is 0 Å². The highest BCUT2D eigenvalue weighted by Gasteiger charge is 2.48. The maximum atomic E-state index is 12.9. The lowest BCUT2D eigenvalue weighted by Gasteiger charge is -2.28. The summed E-state index contributed by atoms with van der Waals surface area (Å²) in [5, 5.41) is 22.2. The molecular weight excluding hydrogens is 372 g/mol. The van der Waals surface area contributed by atoms with Crippen molar-refractivity contribution >= 4 is 16.9 Å². The first kappa shape index (κ1) is 18.7. The van der Waals surface area contributed by atoms with Crippen LogP contribution in [0, 0.1) is 0 Å². The van der Waals surface area contributed by atoms with Crippen LogP contribution in [0.1, 0.15) is 43.4 Å². The van der Waals surface area contributed by atoms with E-state index in [1.807, 2.05) is 0 Å². The smallest absolute Gasteiger partial charge is 0.280 e. The molecule has 1 aliphatic rings. The van der Waals surface area contributed by atoms with Crippen LogP contribution in [-0.2, 0) is 4.74 Å².